The Morgan fingerprint density at radius 1 is 0.895 bits per heavy atom. The Hall–Kier alpha value is -7.39. The minimum Gasteiger partial charge on any atom is -0.391 e. The number of unbranched alkanes of at least 4 members (excludes halogenated alkanes) is 1. The molecule has 20 nitrogen and oxygen atoms in total. The van der Waals surface area contributed by atoms with E-state index in [1.165, 1.54) is 4.90 Å². The van der Waals surface area contributed by atoms with Crippen LogP contribution in [0.3, 0.4) is 0 Å². The minimum absolute atomic E-state index is 0.0221. The number of benzene rings is 4. The van der Waals surface area contributed by atoms with Gasteiger partial charge < -0.3 is 56.5 Å². The third-order valence-corrected chi connectivity index (χ3v) is 18.5. The van der Waals surface area contributed by atoms with Crippen LogP contribution in [-0.2, 0) is 76.6 Å². The maximum atomic E-state index is 14.6. The van der Waals surface area contributed by atoms with Crippen LogP contribution in [0.5, 0.6) is 0 Å². The Morgan fingerprint density at radius 3 is 2.30 bits per heavy atom. The molecule has 8 atom stereocenters. The Balaban J connectivity index is 0.747. The Labute approximate surface area is 504 Å². The monoisotopic (exact) mass is 1210 g/mol. The molecule has 10 N–H and O–H groups in total. The number of hydrogen-bond acceptors (Lipinski definition) is 12. The molecule has 9 rings (SSSR count). The van der Waals surface area contributed by atoms with Crippen LogP contribution in [0.25, 0.3) is 21.3 Å². The number of hydrogen-bond donors (Lipinski definition) is 9. The summed E-state index contributed by atoms with van der Waals surface area (Å²) in [6, 6.07) is 24.5. The van der Waals surface area contributed by atoms with E-state index in [9.17, 15) is 53.0 Å². The topological polar surface area (TPSA) is 313 Å². The van der Waals surface area contributed by atoms with Gasteiger partial charge in [0.1, 0.15) is 17.8 Å². The van der Waals surface area contributed by atoms with Crippen LogP contribution in [0.4, 0.5) is 0 Å². The summed E-state index contributed by atoms with van der Waals surface area (Å²) >= 11 is 1.56. The molecule has 0 radical (unpaired) electrons. The van der Waals surface area contributed by atoms with Crippen molar-refractivity contribution in [1.29, 1.82) is 0 Å². The van der Waals surface area contributed by atoms with E-state index in [2.05, 4.69) is 31.2 Å². The number of amides is 6. The van der Waals surface area contributed by atoms with Gasteiger partial charge in [-0.15, -0.1) is 11.3 Å². The SMILES string of the molecule is Cc1ncsc1-c1ccc(CNC(=O)[C@@H]2C[C@@H](O)CN2C(=O)[C@@H](NC(=O)CCCCc2ccc(CO[C@H](C)[C@H](CCC(N)=O)NC(=O)[C@@H]3Cc4cccc5c4C3C(=O)[C@@H](NC(=O)c3cc4cc(CP(=O)(O)O)ccc4[nH]3)CC5)cc2)C(C)(C)C)cc1. The van der Waals surface area contributed by atoms with Gasteiger partial charge in [-0.05, 0) is 127 Å². The number of rotatable bonds is 24. The first-order chi connectivity index (χ1) is 40.9. The maximum absolute atomic E-state index is 14.6. The molecule has 1 aliphatic heterocycles. The highest BCUT2D eigenvalue weighted by Crippen LogP contribution is 2.44. The van der Waals surface area contributed by atoms with Crippen molar-refractivity contribution in [2.75, 3.05) is 6.54 Å². The number of carbonyl (C=O) groups is 7. The van der Waals surface area contributed by atoms with Crippen LogP contribution < -0.4 is 27.0 Å². The van der Waals surface area contributed by atoms with Gasteiger partial charge in [0.05, 0.1) is 65.0 Å². The van der Waals surface area contributed by atoms with Crippen LogP contribution in [0.2, 0.25) is 0 Å². The number of likely N-dealkylation sites (tertiary alicyclic amines) is 1. The molecule has 456 valence electrons. The molecule has 0 spiro atoms. The van der Waals surface area contributed by atoms with E-state index < -0.39 is 85.1 Å². The van der Waals surface area contributed by atoms with Crippen molar-refractivity contribution in [3.8, 4) is 10.4 Å². The molecule has 3 aliphatic rings. The summed E-state index contributed by atoms with van der Waals surface area (Å²) in [5.74, 6) is -4.50. The average Bonchev–Trinajstić information content (AvgIpc) is 2.59. The summed E-state index contributed by atoms with van der Waals surface area (Å²) in [6.45, 7) is 9.74. The zero-order valence-corrected chi connectivity index (χ0v) is 50.8. The van der Waals surface area contributed by atoms with Gasteiger partial charge in [0.2, 0.25) is 29.5 Å². The molecule has 1 saturated heterocycles. The molecule has 22 heteroatoms. The number of primary amides is 1. The second-order valence-corrected chi connectivity index (χ2v) is 26.8. The van der Waals surface area contributed by atoms with Crippen LogP contribution >= 0.6 is 18.9 Å². The largest absolute Gasteiger partial charge is 0.391 e. The number of aliphatic hydroxyl groups is 1. The second-order valence-electron chi connectivity index (χ2n) is 24.3. The fourth-order valence-corrected chi connectivity index (χ4v) is 13.6. The second kappa shape index (κ2) is 27.1. The van der Waals surface area contributed by atoms with Gasteiger partial charge in [-0.3, -0.25) is 38.1 Å². The molecule has 6 aromatic rings. The molecule has 3 heterocycles. The Morgan fingerprint density at radius 2 is 1.60 bits per heavy atom. The van der Waals surface area contributed by atoms with E-state index in [0.717, 1.165) is 49.5 Å². The first-order valence-electron chi connectivity index (χ1n) is 29.3. The molecule has 0 saturated carbocycles. The van der Waals surface area contributed by atoms with Crippen LogP contribution in [0.1, 0.15) is 134 Å². The van der Waals surface area contributed by atoms with E-state index in [1.807, 2.05) is 101 Å². The number of aromatic nitrogens is 2. The van der Waals surface area contributed by atoms with Gasteiger partial charge in [0, 0.05) is 43.3 Å². The number of nitrogens with zero attached hydrogens (tertiary/aromatic N) is 2. The Kier molecular flexibility index (Phi) is 19.9. The van der Waals surface area contributed by atoms with Gasteiger partial charge in [-0.1, -0.05) is 93.6 Å². The lowest BCUT2D eigenvalue weighted by molar-refractivity contribution is -0.144. The summed E-state index contributed by atoms with van der Waals surface area (Å²) in [5, 5.41) is 23.2. The molecule has 2 aromatic heterocycles. The van der Waals surface area contributed by atoms with Gasteiger partial charge in [0.25, 0.3) is 5.91 Å². The van der Waals surface area contributed by atoms with Gasteiger partial charge in [0.15, 0.2) is 5.78 Å². The van der Waals surface area contributed by atoms with Crippen molar-refractivity contribution in [2.24, 2.45) is 17.1 Å². The standard InChI is InChI=1S/C64H77N8O12PS/c1-36-58(86-35-67-36)43-20-17-39(18-21-43)31-66-62(79)52-30-46(73)32-72(52)63(80)59(64(3,4)5)71-54(75)12-7-6-9-38-13-15-40(16-14-38)33-84-37(2)48(25-26-53(65)74)69-60(77)47-28-44-11-8-10-42-22-24-50(57(76)56(47)55(42)44)70-61(78)51-29-45-27-41(34-85(81,82)83)19-23-49(45)68-51/h8,10-11,13-21,23,27,29,35,37,46-48,50,52,56,59,68,73H,6-7,9,12,22,24-26,28,30-34H2,1-5H3,(H2,65,74)(H,66,79)(H,69,77)(H,70,78)(H,71,75)(H2,81,82,83)/t37-,46-,47-,48+,50+,52+,56?,59-/m1/s1. The molecule has 86 heavy (non-hydrogen) atoms. The minimum atomic E-state index is -4.32. The van der Waals surface area contributed by atoms with Gasteiger partial charge in [-0.25, -0.2) is 4.98 Å². The molecular formula is C64H77N8O12PS. The fraction of sp³-hybridized carbons (Fsp3) is 0.438. The number of carbonyl (C=O) groups excluding carboxylic acids is 7. The van der Waals surface area contributed by atoms with Crippen LogP contribution in [-0.4, -0.2) is 114 Å². The number of aliphatic hydroxyl groups excluding tert-OH is 1. The summed E-state index contributed by atoms with van der Waals surface area (Å²) in [6.07, 6.45) is 1.53. The Bertz CT molecular complexity index is 3540. The van der Waals surface area contributed by atoms with Crippen LogP contribution in [0.15, 0.2) is 96.5 Å². The lowest BCUT2D eigenvalue weighted by atomic mass is 9.84. The number of Topliss-reactive ketones (excluding diaryl/α,β-unsaturated/α-hetero) is 1. The van der Waals surface area contributed by atoms with E-state index in [4.69, 9.17) is 10.5 Å². The normalized spacial score (nSPS) is 19.5. The average molecular weight is 1210 g/mol. The number of aromatic amines is 1. The molecule has 2 aliphatic carbocycles. The molecule has 1 unspecified atom stereocenters. The number of fused-ring (bicyclic) bond motifs is 1. The lowest BCUT2D eigenvalue weighted by Gasteiger charge is -2.35. The number of ether oxygens (including phenoxy) is 1. The summed E-state index contributed by atoms with van der Waals surface area (Å²) in [4.78, 5) is 125. The molecule has 6 amide bonds. The predicted molar refractivity (Wildman–Crippen MR) is 325 cm³/mol. The highest BCUT2D eigenvalue weighted by molar-refractivity contribution is 7.50. The van der Waals surface area contributed by atoms with Crippen molar-refractivity contribution in [2.45, 2.75) is 160 Å². The van der Waals surface area contributed by atoms with E-state index >= 15 is 0 Å². The highest BCUT2D eigenvalue weighted by Gasteiger charge is 2.48. The quantitative estimate of drug-likeness (QED) is 0.0225. The van der Waals surface area contributed by atoms with Crippen molar-refractivity contribution in [3.05, 3.63) is 147 Å². The number of H-pyrrole nitrogens is 1. The van der Waals surface area contributed by atoms with E-state index in [0.29, 0.717) is 55.0 Å². The first kappa shape index (κ1) is 63.1. The lowest BCUT2D eigenvalue weighted by Crippen LogP contribution is -2.57. The van der Waals surface area contributed by atoms with E-state index in [1.54, 1.807) is 41.1 Å². The van der Waals surface area contributed by atoms with Gasteiger partial charge >= 0.3 is 7.60 Å². The van der Waals surface area contributed by atoms with Crippen molar-refractivity contribution >= 4 is 71.1 Å². The van der Waals surface area contributed by atoms with E-state index in [-0.39, 0.29) is 74.6 Å². The fourth-order valence-electron chi connectivity index (χ4n) is 12.1. The third kappa shape index (κ3) is 15.6. The number of ketones is 1. The number of β-amino-alcohol motifs (C(OH)–C–C–N with tert-alkyl or cyclic N) is 1. The first-order valence-corrected chi connectivity index (χ1v) is 32.0. The van der Waals surface area contributed by atoms with Crippen molar-refractivity contribution < 1.29 is 57.8 Å². The number of nitrogens with two attached hydrogens (primary N) is 1. The molecule has 0 bridgehead atoms. The number of nitrogens with one attached hydrogen (secondary N) is 5. The third-order valence-electron chi connectivity index (χ3n) is 16.7. The predicted octanol–water partition coefficient (Wildman–Crippen LogP) is 6.72. The number of thiazole rings is 1. The summed E-state index contributed by atoms with van der Waals surface area (Å²) in [5.41, 5.74) is 15.3. The zero-order chi connectivity index (χ0) is 61.6. The molecule has 4 aromatic carbocycles. The van der Waals surface area contributed by atoms with Crippen molar-refractivity contribution in [1.82, 2.24) is 36.1 Å². The molecular weight excluding hydrogens is 1140 g/mol. The highest BCUT2D eigenvalue weighted by atomic mass is 32.1. The number of aryl methyl sites for hydroxylation is 3. The molecule has 1 fully saturated rings. The summed E-state index contributed by atoms with van der Waals surface area (Å²) in [7, 11) is -4.32. The smallest absolute Gasteiger partial charge is 0.329 e. The van der Waals surface area contributed by atoms with Gasteiger partial charge in [-0.2, -0.15) is 0 Å². The zero-order valence-electron chi connectivity index (χ0n) is 49.1. The maximum Gasteiger partial charge on any atom is 0.329 e. The van der Waals surface area contributed by atoms with Crippen LogP contribution in [0, 0.1) is 18.3 Å². The van der Waals surface area contributed by atoms with Crippen molar-refractivity contribution in [3.63, 3.8) is 0 Å². The summed E-state index contributed by atoms with van der Waals surface area (Å²) < 4.78 is 18.0.